The number of rotatable bonds is 18. The summed E-state index contributed by atoms with van der Waals surface area (Å²) in [6.07, 6.45) is 22.9. The van der Waals surface area contributed by atoms with E-state index in [2.05, 4.69) is 20.8 Å². The van der Waals surface area contributed by atoms with Crippen LogP contribution in [-0.4, -0.2) is 30.5 Å². The molecule has 0 saturated heterocycles. The molecule has 0 bridgehead atoms. The molecule has 1 aromatic rings. The van der Waals surface area contributed by atoms with Crippen LogP contribution in [0.15, 0.2) is 24.3 Å². The second-order valence-corrected chi connectivity index (χ2v) is 11.7. The molecule has 0 radical (unpaired) electrons. The quantitative estimate of drug-likeness (QED) is 0.123. The van der Waals surface area contributed by atoms with Crippen LogP contribution in [0.1, 0.15) is 135 Å². The van der Waals surface area contributed by atoms with E-state index >= 15 is 0 Å². The molecule has 0 spiro atoms. The molecule has 0 amide bonds. The van der Waals surface area contributed by atoms with Crippen LogP contribution in [0.25, 0.3) is 0 Å². The lowest BCUT2D eigenvalue weighted by atomic mass is 10.0. The van der Waals surface area contributed by atoms with Gasteiger partial charge in [0.1, 0.15) is 5.75 Å². The van der Waals surface area contributed by atoms with Crippen molar-refractivity contribution in [1.29, 1.82) is 0 Å². The average molecular weight is 553 g/mol. The summed E-state index contributed by atoms with van der Waals surface area (Å²) in [5.74, 6) is -0.300. The van der Waals surface area contributed by atoms with Gasteiger partial charge in [-0.2, -0.15) is 16.8 Å². The monoisotopic (exact) mass is 552 g/mol. The van der Waals surface area contributed by atoms with E-state index in [1.54, 1.807) is 12.1 Å². The number of unbranched alkanes of at least 4 members (excludes halogenated alkanes) is 14. The Balaban J connectivity index is 0. The van der Waals surface area contributed by atoms with E-state index in [-0.39, 0.29) is 5.75 Å². The summed E-state index contributed by atoms with van der Waals surface area (Å²) in [4.78, 5) is 0. The van der Waals surface area contributed by atoms with Gasteiger partial charge in [-0.05, 0) is 24.0 Å². The maximum Gasteiger partial charge on any atom is 0.394 e. The van der Waals surface area contributed by atoms with Crippen molar-refractivity contribution in [3.8, 4) is 0 Å². The average Bonchev–Trinajstić information content (AvgIpc) is 2.77. The van der Waals surface area contributed by atoms with Crippen molar-refractivity contribution in [1.82, 2.24) is 0 Å². The van der Waals surface area contributed by atoms with Gasteiger partial charge >= 0.3 is 10.4 Å². The smallest absolute Gasteiger partial charge is 0.285 e. The van der Waals surface area contributed by atoms with E-state index in [1.165, 1.54) is 108 Å². The lowest BCUT2D eigenvalue weighted by molar-refractivity contribution is 0.381. The zero-order chi connectivity index (χ0) is 27.7. The zero-order valence-electron chi connectivity index (χ0n) is 22.8. The highest BCUT2D eigenvalue weighted by Crippen LogP contribution is 2.14. The van der Waals surface area contributed by atoms with Crippen LogP contribution in [0.4, 0.5) is 0 Å². The van der Waals surface area contributed by atoms with Crippen molar-refractivity contribution >= 4 is 20.5 Å². The second kappa shape index (κ2) is 24.3. The van der Waals surface area contributed by atoms with Gasteiger partial charge in [-0.3, -0.25) is 13.7 Å². The van der Waals surface area contributed by atoms with E-state index in [0.29, 0.717) is 5.56 Å². The molecular weight excluding hydrogens is 500 g/mol. The summed E-state index contributed by atoms with van der Waals surface area (Å²) in [5, 5.41) is 0. The van der Waals surface area contributed by atoms with Crippen molar-refractivity contribution in [3.05, 3.63) is 35.4 Å². The minimum Gasteiger partial charge on any atom is -0.285 e. The molecule has 1 rings (SSSR count). The van der Waals surface area contributed by atoms with Crippen molar-refractivity contribution in [2.24, 2.45) is 0 Å². The molecular formula is C27H52O7S2. The summed E-state index contributed by atoms with van der Waals surface area (Å²) in [7, 11) is -8.59. The predicted molar refractivity (Wildman–Crippen MR) is 150 cm³/mol. The maximum absolute atomic E-state index is 10.8. The van der Waals surface area contributed by atoms with Crippen molar-refractivity contribution in [3.63, 3.8) is 0 Å². The topological polar surface area (TPSA) is 129 Å². The van der Waals surface area contributed by atoms with Gasteiger partial charge in [-0.1, -0.05) is 141 Å². The second-order valence-electron chi connectivity index (χ2n) is 9.34. The molecule has 7 nitrogen and oxygen atoms in total. The van der Waals surface area contributed by atoms with Crippen LogP contribution < -0.4 is 0 Å². The van der Waals surface area contributed by atoms with Crippen LogP contribution in [0, 0.1) is 0 Å². The minimum absolute atomic E-state index is 0.300. The SMILES string of the molecule is CCCCCCCC.CCCCCCCCCCCCc1ccc(CS(=O)(=O)O)cc1.O=S(=O)(O)O. The zero-order valence-corrected chi connectivity index (χ0v) is 24.5. The largest absolute Gasteiger partial charge is 0.394 e. The molecule has 1 aromatic carbocycles. The van der Waals surface area contributed by atoms with Gasteiger partial charge in [0.25, 0.3) is 10.1 Å². The van der Waals surface area contributed by atoms with E-state index in [1.807, 2.05) is 12.1 Å². The Labute approximate surface area is 221 Å². The van der Waals surface area contributed by atoms with Gasteiger partial charge in [0.15, 0.2) is 0 Å². The third-order valence-corrected chi connectivity index (χ3v) is 6.35. The number of aryl methyl sites for hydroxylation is 1. The molecule has 0 aliphatic rings. The number of hydrogen-bond donors (Lipinski definition) is 3. The van der Waals surface area contributed by atoms with E-state index in [4.69, 9.17) is 22.1 Å². The van der Waals surface area contributed by atoms with Crippen molar-refractivity contribution < 1.29 is 30.5 Å². The fourth-order valence-corrected chi connectivity index (χ4v) is 4.30. The highest BCUT2D eigenvalue weighted by molar-refractivity contribution is 7.85. The Kier molecular flexibility index (Phi) is 25.1. The summed E-state index contributed by atoms with van der Waals surface area (Å²) < 4.78 is 62.0. The third kappa shape index (κ3) is 35.2. The first-order valence-electron chi connectivity index (χ1n) is 13.7. The predicted octanol–water partition coefficient (Wildman–Crippen LogP) is 8.25. The molecule has 0 fully saturated rings. The summed E-state index contributed by atoms with van der Waals surface area (Å²) >= 11 is 0. The molecule has 0 aliphatic heterocycles. The lowest BCUT2D eigenvalue weighted by Gasteiger charge is -2.04. The Morgan fingerprint density at radius 3 is 1.08 bits per heavy atom. The Morgan fingerprint density at radius 1 is 0.500 bits per heavy atom. The van der Waals surface area contributed by atoms with Gasteiger partial charge in [0.05, 0.1) is 0 Å². The highest BCUT2D eigenvalue weighted by atomic mass is 32.3. The molecule has 9 heteroatoms. The van der Waals surface area contributed by atoms with E-state index in [0.717, 1.165) is 6.42 Å². The van der Waals surface area contributed by atoms with Gasteiger partial charge in [0, 0.05) is 0 Å². The van der Waals surface area contributed by atoms with Crippen LogP contribution >= 0.6 is 0 Å². The van der Waals surface area contributed by atoms with Crippen LogP contribution in [0.3, 0.4) is 0 Å². The Morgan fingerprint density at radius 2 is 0.778 bits per heavy atom. The Hall–Kier alpha value is -1.00. The molecule has 0 saturated carbocycles. The van der Waals surface area contributed by atoms with E-state index < -0.39 is 20.5 Å². The van der Waals surface area contributed by atoms with Gasteiger partial charge in [0.2, 0.25) is 0 Å². The van der Waals surface area contributed by atoms with Crippen LogP contribution in [0.5, 0.6) is 0 Å². The van der Waals surface area contributed by atoms with Gasteiger partial charge in [-0.15, -0.1) is 0 Å². The summed E-state index contributed by atoms with van der Waals surface area (Å²) in [5.41, 5.74) is 1.88. The standard InChI is InChI=1S/C19H32O3S.C8H18.H2O4S/c1-2-3-4-5-6-7-8-9-10-11-12-18-13-15-19(16-14-18)17-23(20,21)22;1-3-5-7-8-6-4-2;1-5(2,3)4/h13-16H,2-12,17H2,1H3,(H,20,21,22);3-8H2,1-2H3;(H2,1,2,3,4). The molecule has 36 heavy (non-hydrogen) atoms. The maximum atomic E-state index is 10.8. The van der Waals surface area contributed by atoms with E-state index in [9.17, 15) is 8.42 Å². The van der Waals surface area contributed by atoms with Crippen LogP contribution in [-0.2, 0) is 32.7 Å². The highest BCUT2D eigenvalue weighted by Gasteiger charge is 2.06. The molecule has 0 heterocycles. The lowest BCUT2D eigenvalue weighted by Crippen LogP contribution is -2.01. The molecule has 0 aromatic heterocycles. The van der Waals surface area contributed by atoms with Crippen molar-refractivity contribution in [2.75, 3.05) is 0 Å². The first-order valence-corrected chi connectivity index (χ1v) is 16.7. The molecule has 0 aliphatic carbocycles. The van der Waals surface area contributed by atoms with Gasteiger partial charge < -0.3 is 0 Å². The Bertz CT molecular complexity index is 791. The van der Waals surface area contributed by atoms with Gasteiger partial charge in [-0.25, -0.2) is 0 Å². The molecule has 0 atom stereocenters. The first kappa shape index (κ1) is 37.2. The third-order valence-electron chi connectivity index (χ3n) is 5.65. The fourth-order valence-electron chi connectivity index (χ4n) is 3.68. The minimum atomic E-state index is -4.67. The number of hydrogen-bond acceptors (Lipinski definition) is 4. The molecule has 3 N–H and O–H groups in total. The summed E-state index contributed by atoms with van der Waals surface area (Å²) in [6.45, 7) is 6.76. The van der Waals surface area contributed by atoms with Crippen LogP contribution in [0.2, 0.25) is 0 Å². The fraction of sp³-hybridized carbons (Fsp3) is 0.778. The molecule has 214 valence electrons. The number of benzene rings is 1. The first-order chi connectivity index (χ1) is 16.9. The normalized spacial score (nSPS) is 11.3. The van der Waals surface area contributed by atoms with Crippen molar-refractivity contribution in [2.45, 2.75) is 136 Å². The summed E-state index contributed by atoms with van der Waals surface area (Å²) in [6, 6.07) is 7.52. The molecule has 0 unspecified atom stereocenters.